The van der Waals surface area contributed by atoms with Gasteiger partial charge < -0.3 is 5.11 Å². The number of rotatable bonds is 3. The highest BCUT2D eigenvalue weighted by atomic mass is 16.4. The van der Waals surface area contributed by atoms with Gasteiger partial charge >= 0.3 is 5.97 Å². The maximum atomic E-state index is 10.6. The predicted octanol–water partition coefficient (Wildman–Crippen LogP) is 2.65. The molecule has 1 aliphatic carbocycles. The van der Waals surface area contributed by atoms with Crippen molar-refractivity contribution >= 4 is 5.97 Å². The second kappa shape index (κ2) is 3.82. The van der Waals surface area contributed by atoms with Gasteiger partial charge in [0.15, 0.2) is 0 Å². The average molecular weight is 190 g/mol. The zero-order valence-electron chi connectivity index (χ0n) is 8.02. The van der Waals surface area contributed by atoms with Crippen LogP contribution in [0.25, 0.3) is 0 Å². The van der Waals surface area contributed by atoms with E-state index in [1.807, 2.05) is 18.2 Å². The Bertz CT molecular complexity index is 318. The van der Waals surface area contributed by atoms with E-state index in [9.17, 15) is 4.79 Å². The summed E-state index contributed by atoms with van der Waals surface area (Å²) in [5.74, 6) is 0.165. The Kier molecular flexibility index (Phi) is 2.53. The highest BCUT2D eigenvalue weighted by Gasteiger charge is 2.33. The van der Waals surface area contributed by atoms with Crippen LogP contribution in [-0.4, -0.2) is 11.1 Å². The van der Waals surface area contributed by atoms with Crippen LogP contribution in [0.4, 0.5) is 0 Å². The van der Waals surface area contributed by atoms with Crippen molar-refractivity contribution in [2.75, 3.05) is 0 Å². The Morgan fingerprint density at radius 2 is 2.00 bits per heavy atom. The average Bonchev–Trinajstić information content (AvgIpc) is 2.14. The van der Waals surface area contributed by atoms with Crippen LogP contribution in [0.1, 0.15) is 30.7 Å². The largest absolute Gasteiger partial charge is 0.481 e. The quantitative estimate of drug-likeness (QED) is 0.795. The second-order valence-electron chi connectivity index (χ2n) is 3.95. The smallest absolute Gasteiger partial charge is 0.303 e. The molecule has 1 aromatic rings. The monoisotopic (exact) mass is 190 g/mol. The van der Waals surface area contributed by atoms with Crippen molar-refractivity contribution in [2.24, 2.45) is 5.92 Å². The molecule has 74 valence electrons. The first-order valence-corrected chi connectivity index (χ1v) is 5.04. The van der Waals surface area contributed by atoms with Crippen molar-refractivity contribution < 1.29 is 9.90 Å². The molecule has 2 nitrogen and oxygen atoms in total. The molecule has 2 heteroatoms. The zero-order valence-corrected chi connectivity index (χ0v) is 8.02. The van der Waals surface area contributed by atoms with Gasteiger partial charge in [-0.25, -0.2) is 0 Å². The molecule has 0 amide bonds. The van der Waals surface area contributed by atoms with Crippen LogP contribution < -0.4 is 0 Å². The normalized spacial score (nSPS) is 25.4. The molecule has 0 unspecified atom stereocenters. The minimum atomic E-state index is -0.671. The molecule has 0 aromatic heterocycles. The first-order chi connectivity index (χ1) is 6.77. The van der Waals surface area contributed by atoms with Gasteiger partial charge in [0.2, 0.25) is 0 Å². The highest BCUT2D eigenvalue weighted by Crippen LogP contribution is 2.44. The van der Waals surface area contributed by atoms with Crippen LogP contribution >= 0.6 is 0 Å². The molecule has 0 aliphatic heterocycles. The molecule has 1 aliphatic rings. The van der Waals surface area contributed by atoms with Gasteiger partial charge in [-0.1, -0.05) is 30.3 Å². The lowest BCUT2D eigenvalue weighted by Gasteiger charge is -2.36. The van der Waals surface area contributed by atoms with Gasteiger partial charge in [-0.3, -0.25) is 4.79 Å². The number of carbonyl (C=O) groups is 1. The van der Waals surface area contributed by atoms with Crippen molar-refractivity contribution in [1.82, 2.24) is 0 Å². The van der Waals surface area contributed by atoms with Gasteiger partial charge in [-0.05, 0) is 30.2 Å². The topological polar surface area (TPSA) is 37.3 Å². The number of benzene rings is 1. The maximum absolute atomic E-state index is 10.6. The van der Waals surface area contributed by atoms with Crippen molar-refractivity contribution in [3.63, 3.8) is 0 Å². The third-order valence-corrected chi connectivity index (χ3v) is 3.08. The third kappa shape index (κ3) is 1.79. The van der Waals surface area contributed by atoms with Crippen LogP contribution in [0.3, 0.4) is 0 Å². The Morgan fingerprint density at radius 3 is 2.50 bits per heavy atom. The molecule has 1 fully saturated rings. The number of carboxylic acids is 1. The summed E-state index contributed by atoms with van der Waals surface area (Å²) in [6.45, 7) is 0. The molecular formula is C12H14O2. The molecule has 1 saturated carbocycles. The lowest BCUT2D eigenvalue weighted by Crippen LogP contribution is -2.26. The molecule has 0 heterocycles. The van der Waals surface area contributed by atoms with E-state index in [1.54, 1.807) is 0 Å². The summed E-state index contributed by atoms with van der Waals surface area (Å²) in [5, 5.41) is 8.71. The summed E-state index contributed by atoms with van der Waals surface area (Å²) in [5.41, 5.74) is 1.30. The summed E-state index contributed by atoms with van der Waals surface area (Å²) in [4.78, 5) is 10.6. The van der Waals surface area contributed by atoms with E-state index in [0.29, 0.717) is 18.3 Å². The van der Waals surface area contributed by atoms with E-state index >= 15 is 0 Å². The van der Waals surface area contributed by atoms with Gasteiger partial charge in [0.05, 0.1) is 0 Å². The lowest BCUT2D eigenvalue weighted by atomic mass is 9.68. The van der Waals surface area contributed by atoms with Crippen LogP contribution in [-0.2, 0) is 4.79 Å². The van der Waals surface area contributed by atoms with Gasteiger partial charge in [0, 0.05) is 6.42 Å². The zero-order chi connectivity index (χ0) is 9.97. The minimum Gasteiger partial charge on any atom is -0.481 e. The predicted molar refractivity (Wildman–Crippen MR) is 54.2 cm³/mol. The van der Waals surface area contributed by atoms with Crippen molar-refractivity contribution in [1.29, 1.82) is 0 Å². The molecule has 1 aromatic carbocycles. The van der Waals surface area contributed by atoms with E-state index in [-0.39, 0.29) is 0 Å². The van der Waals surface area contributed by atoms with E-state index in [2.05, 4.69) is 12.1 Å². The van der Waals surface area contributed by atoms with E-state index < -0.39 is 5.97 Å². The van der Waals surface area contributed by atoms with Gasteiger partial charge in [-0.2, -0.15) is 0 Å². The Balaban J connectivity index is 2.03. The van der Waals surface area contributed by atoms with Gasteiger partial charge in [-0.15, -0.1) is 0 Å². The molecular weight excluding hydrogens is 176 g/mol. The molecule has 14 heavy (non-hydrogen) atoms. The summed E-state index contributed by atoms with van der Waals surface area (Å²) >= 11 is 0. The van der Waals surface area contributed by atoms with Crippen LogP contribution in [0, 0.1) is 5.92 Å². The Hall–Kier alpha value is -1.31. The SMILES string of the molecule is O=C(O)C[C@@H]1CC[C@@H]1c1ccccc1. The second-order valence-corrected chi connectivity index (χ2v) is 3.95. The Labute approximate surface area is 83.6 Å². The minimum absolute atomic E-state index is 0.319. The molecule has 0 spiro atoms. The summed E-state index contributed by atoms with van der Waals surface area (Å²) < 4.78 is 0. The first kappa shape index (κ1) is 9.25. The lowest BCUT2D eigenvalue weighted by molar-refractivity contribution is -0.139. The Morgan fingerprint density at radius 1 is 1.29 bits per heavy atom. The van der Waals surface area contributed by atoms with E-state index in [1.165, 1.54) is 5.56 Å². The fourth-order valence-corrected chi connectivity index (χ4v) is 2.18. The van der Waals surface area contributed by atoms with Crippen LogP contribution in [0.2, 0.25) is 0 Å². The first-order valence-electron chi connectivity index (χ1n) is 5.04. The molecule has 0 saturated heterocycles. The van der Waals surface area contributed by atoms with Crippen LogP contribution in [0.15, 0.2) is 30.3 Å². The molecule has 2 rings (SSSR count). The highest BCUT2D eigenvalue weighted by molar-refractivity contribution is 5.67. The van der Waals surface area contributed by atoms with Crippen molar-refractivity contribution in [3.05, 3.63) is 35.9 Å². The third-order valence-electron chi connectivity index (χ3n) is 3.08. The van der Waals surface area contributed by atoms with Crippen LogP contribution in [0.5, 0.6) is 0 Å². The van der Waals surface area contributed by atoms with Crippen molar-refractivity contribution in [2.45, 2.75) is 25.2 Å². The molecule has 0 radical (unpaired) electrons. The summed E-state index contributed by atoms with van der Waals surface area (Å²) in [6, 6.07) is 10.2. The number of aliphatic carboxylic acids is 1. The fourth-order valence-electron chi connectivity index (χ4n) is 2.18. The molecule has 1 N–H and O–H groups in total. The number of carboxylic acid groups (broad SMARTS) is 1. The van der Waals surface area contributed by atoms with E-state index in [4.69, 9.17) is 5.11 Å². The molecule has 2 atom stereocenters. The van der Waals surface area contributed by atoms with Crippen molar-refractivity contribution in [3.8, 4) is 0 Å². The van der Waals surface area contributed by atoms with Gasteiger partial charge in [0.1, 0.15) is 0 Å². The van der Waals surface area contributed by atoms with Gasteiger partial charge in [0.25, 0.3) is 0 Å². The van der Waals surface area contributed by atoms with E-state index in [0.717, 1.165) is 12.8 Å². The fraction of sp³-hybridized carbons (Fsp3) is 0.417. The number of hydrogen-bond donors (Lipinski definition) is 1. The standard InChI is InChI=1S/C12H14O2/c13-12(14)8-10-6-7-11(10)9-4-2-1-3-5-9/h1-5,10-11H,6-8H2,(H,13,14)/t10-,11+/m0/s1. The summed E-state index contributed by atoms with van der Waals surface area (Å²) in [7, 11) is 0. The summed E-state index contributed by atoms with van der Waals surface area (Å²) in [6.07, 6.45) is 2.52. The maximum Gasteiger partial charge on any atom is 0.303 e. The molecule has 0 bridgehead atoms. The number of hydrogen-bond acceptors (Lipinski definition) is 1.